The van der Waals surface area contributed by atoms with Crippen LogP contribution in [0.5, 0.6) is 0 Å². The highest BCUT2D eigenvalue weighted by Crippen LogP contribution is 2.23. The van der Waals surface area contributed by atoms with Crippen LogP contribution in [0.15, 0.2) is 0 Å². The van der Waals surface area contributed by atoms with Crippen molar-refractivity contribution in [1.82, 2.24) is 0 Å². The van der Waals surface area contributed by atoms with Gasteiger partial charge < -0.3 is 9.47 Å². The summed E-state index contributed by atoms with van der Waals surface area (Å²) in [6, 6.07) is 0. The zero-order chi connectivity index (χ0) is 26.4. The third-order valence-corrected chi connectivity index (χ3v) is 7.71. The lowest BCUT2D eigenvalue weighted by Crippen LogP contribution is -2.47. The smallest absolute Gasteiger partial charge is 0.320 e. The van der Waals surface area contributed by atoms with Crippen LogP contribution in [-0.2, 0) is 19.1 Å². The van der Waals surface area contributed by atoms with Gasteiger partial charge in [0.2, 0.25) is 0 Å². The zero-order valence-corrected chi connectivity index (χ0v) is 24.9. The molecule has 5 nitrogen and oxygen atoms in total. The molecule has 0 aromatic rings. The number of esters is 2. The quantitative estimate of drug-likeness (QED) is 0.0475. The first-order chi connectivity index (χ1) is 16.8. The van der Waals surface area contributed by atoms with E-state index in [1.165, 1.54) is 89.9 Å². The number of quaternary nitrogens is 1. The molecule has 2 atom stereocenters. The Morgan fingerprint density at radius 1 is 0.714 bits per heavy atom. The predicted octanol–water partition coefficient (Wildman–Crippen LogP) is 8.00. The van der Waals surface area contributed by atoms with Gasteiger partial charge in [-0.1, -0.05) is 96.8 Å². The molecule has 0 aliphatic carbocycles. The topological polar surface area (TPSA) is 52.6 Å². The Balaban J connectivity index is 4.00. The fourth-order valence-corrected chi connectivity index (χ4v) is 4.87. The van der Waals surface area contributed by atoms with E-state index in [9.17, 15) is 9.59 Å². The van der Waals surface area contributed by atoms with Crippen molar-refractivity contribution in [1.29, 1.82) is 0 Å². The third-order valence-electron chi connectivity index (χ3n) is 6.47. The molecule has 0 saturated heterocycles. The molecular formula is C28H54NO4S2+. The van der Waals surface area contributed by atoms with Crippen molar-refractivity contribution in [3.8, 4) is 0 Å². The molecule has 0 spiro atoms. The van der Waals surface area contributed by atoms with Crippen molar-refractivity contribution in [3.63, 3.8) is 0 Å². The molecule has 206 valence electrons. The molecule has 0 saturated carbocycles. The zero-order valence-electron chi connectivity index (χ0n) is 23.2. The Hall–Kier alpha value is -0.660. The molecule has 0 radical (unpaired) electrons. The molecule has 7 heteroatoms. The van der Waals surface area contributed by atoms with Gasteiger partial charge in [-0.2, -0.15) is 0 Å². The van der Waals surface area contributed by atoms with Crippen LogP contribution in [0.4, 0.5) is 0 Å². The van der Waals surface area contributed by atoms with Crippen LogP contribution in [0.3, 0.4) is 0 Å². The molecule has 0 fully saturated rings. The van der Waals surface area contributed by atoms with E-state index in [0.29, 0.717) is 4.99 Å². The van der Waals surface area contributed by atoms with Crippen LogP contribution in [0.25, 0.3) is 0 Å². The fourth-order valence-electron chi connectivity index (χ4n) is 4.31. The van der Waals surface area contributed by atoms with E-state index >= 15 is 0 Å². The Kier molecular flexibility index (Phi) is 22.1. The van der Waals surface area contributed by atoms with Gasteiger partial charge in [0.25, 0.3) is 0 Å². The number of carbonyl (C=O) groups is 2. The Labute approximate surface area is 227 Å². The van der Waals surface area contributed by atoms with Crippen LogP contribution < -0.4 is 0 Å². The first kappa shape index (κ1) is 34.3. The number of carbonyl (C=O) groups excluding carboxylic acids is 2. The van der Waals surface area contributed by atoms with Crippen molar-refractivity contribution in [2.45, 2.75) is 130 Å². The molecule has 0 aliphatic rings. The van der Waals surface area contributed by atoms with Gasteiger partial charge in [0.05, 0.1) is 46.0 Å². The molecule has 0 bridgehead atoms. The maximum absolute atomic E-state index is 12.4. The van der Waals surface area contributed by atoms with E-state index in [0.717, 1.165) is 19.4 Å². The van der Waals surface area contributed by atoms with Crippen LogP contribution >= 0.6 is 25.0 Å². The van der Waals surface area contributed by atoms with Gasteiger partial charge in [0.1, 0.15) is 0 Å². The van der Waals surface area contributed by atoms with Crippen molar-refractivity contribution in [2.75, 3.05) is 26.8 Å². The first-order valence-electron chi connectivity index (χ1n) is 14.2. The van der Waals surface area contributed by atoms with Gasteiger partial charge >= 0.3 is 11.9 Å². The Morgan fingerprint density at radius 3 is 1.51 bits per heavy atom. The van der Waals surface area contributed by atoms with Crippen LogP contribution in [-0.4, -0.2) is 47.6 Å². The average Bonchev–Trinajstić information content (AvgIpc) is 2.82. The maximum Gasteiger partial charge on any atom is 0.320 e. The highest BCUT2D eigenvalue weighted by atomic mass is 32.1. The summed E-state index contributed by atoms with van der Waals surface area (Å²) in [6.45, 7) is 7.00. The van der Waals surface area contributed by atoms with E-state index in [2.05, 4.69) is 6.92 Å². The average molecular weight is 533 g/mol. The van der Waals surface area contributed by atoms with E-state index in [1.54, 1.807) is 13.8 Å². The molecule has 0 aromatic carbocycles. The van der Waals surface area contributed by atoms with Crippen molar-refractivity contribution < 1.29 is 23.0 Å². The van der Waals surface area contributed by atoms with E-state index < -0.39 is 17.9 Å². The van der Waals surface area contributed by atoms with Crippen molar-refractivity contribution in [3.05, 3.63) is 0 Å². The summed E-state index contributed by atoms with van der Waals surface area (Å²) in [4.78, 5) is 24.8. The van der Waals surface area contributed by atoms with Crippen molar-refractivity contribution >= 4 is 42.0 Å². The minimum atomic E-state index is -0.812. The lowest BCUT2D eigenvalue weighted by molar-refractivity contribution is -0.670. The lowest BCUT2D eigenvalue weighted by atomic mass is 10.0. The molecule has 2 unspecified atom stereocenters. The SMILES string of the molecule is CCCCCCCCCCCCCCCCCC[N+](C)(S)C(=S)C(CC(=O)OCC)C(=O)OCC. The molecular weight excluding hydrogens is 478 g/mol. The van der Waals surface area contributed by atoms with Gasteiger partial charge in [-0.05, 0) is 38.9 Å². The van der Waals surface area contributed by atoms with Gasteiger partial charge in [-0.25, -0.2) is 3.89 Å². The second-order valence-electron chi connectivity index (χ2n) is 9.82. The third kappa shape index (κ3) is 18.3. The monoisotopic (exact) mass is 532 g/mol. The molecule has 0 N–H and O–H groups in total. The van der Waals surface area contributed by atoms with E-state index in [4.69, 9.17) is 34.5 Å². The molecule has 0 heterocycles. The van der Waals surface area contributed by atoms with Crippen molar-refractivity contribution in [2.24, 2.45) is 5.92 Å². The summed E-state index contributed by atoms with van der Waals surface area (Å²) < 4.78 is 10.3. The Bertz CT molecular complexity index is 569. The van der Waals surface area contributed by atoms with Crippen LogP contribution in [0.1, 0.15) is 130 Å². The largest absolute Gasteiger partial charge is 0.466 e. The molecule has 0 aliphatic heterocycles. The van der Waals surface area contributed by atoms with Gasteiger partial charge in [0.15, 0.2) is 10.9 Å². The number of ether oxygens (including phenoxy) is 2. The molecule has 0 amide bonds. The predicted molar refractivity (Wildman–Crippen MR) is 154 cm³/mol. The maximum atomic E-state index is 12.4. The second-order valence-corrected chi connectivity index (χ2v) is 11.1. The number of rotatable bonds is 23. The minimum absolute atomic E-state index is 0.0983. The number of hydrogen-bond donors (Lipinski definition) is 1. The summed E-state index contributed by atoms with van der Waals surface area (Å²) in [7, 11) is 1.88. The second kappa shape index (κ2) is 22.5. The number of thiol groups is 1. The minimum Gasteiger partial charge on any atom is -0.466 e. The van der Waals surface area contributed by atoms with Crippen LogP contribution in [0, 0.1) is 5.92 Å². The molecule has 0 aromatic heterocycles. The normalized spacial score (nSPS) is 13.7. The Morgan fingerprint density at radius 2 is 1.11 bits per heavy atom. The number of nitrogens with zero attached hydrogens (tertiary/aromatic N) is 1. The van der Waals surface area contributed by atoms with Gasteiger partial charge in [0, 0.05) is 0 Å². The fraction of sp³-hybridized carbons (Fsp3) is 0.893. The van der Waals surface area contributed by atoms with Crippen LogP contribution in [0.2, 0.25) is 0 Å². The number of thiocarbonyl (C=S) groups is 1. The van der Waals surface area contributed by atoms with Gasteiger partial charge in [-0.3, -0.25) is 9.59 Å². The first-order valence-corrected chi connectivity index (χ1v) is 15.1. The lowest BCUT2D eigenvalue weighted by Gasteiger charge is -2.30. The van der Waals surface area contributed by atoms with E-state index in [-0.39, 0.29) is 23.5 Å². The molecule has 0 rings (SSSR count). The summed E-state index contributed by atoms with van der Waals surface area (Å²) in [5.74, 6) is -1.73. The molecule has 35 heavy (non-hydrogen) atoms. The summed E-state index contributed by atoms with van der Waals surface area (Å²) in [6.07, 6.45) is 21.1. The highest BCUT2D eigenvalue weighted by Gasteiger charge is 2.39. The van der Waals surface area contributed by atoms with E-state index in [1.807, 2.05) is 7.05 Å². The number of unbranched alkanes of at least 4 members (excludes halogenated alkanes) is 15. The summed E-state index contributed by atoms with van der Waals surface area (Å²) in [5.41, 5.74) is 0. The summed E-state index contributed by atoms with van der Waals surface area (Å²) in [5, 5.41) is 0. The standard InChI is InChI=1S/C28H54NO4S2/c1-5-8-9-10-11-12-13-14-15-16-17-18-19-20-21-22-23-29(4,35)27(34)25(28(31)33-7-3)24-26(30)32-6-2/h25,35H,5-24H2,1-4H3/q+1. The number of hydrogen-bond acceptors (Lipinski definition) is 6. The highest BCUT2D eigenvalue weighted by molar-refractivity contribution is 7.82. The van der Waals surface area contributed by atoms with Gasteiger partial charge in [-0.15, -0.1) is 0 Å². The summed E-state index contributed by atoms with van der Waals surface area (Å²) >= 11 is 10.3.